The van der Waals surface area contributed by atoms with Crippen molar-refractivity contribution in [3.05, 3.63) is 143 Å². The molecule has 1 heterocycles. The number of hydrogen-bond donors (Lipinski definition) is 4. The molecule has 3 atom stereocenters. The summed E-state index contributed by atoms with van der Waals surface area (Å²) in [5.41, 5.74) is 2.39. The van der Waals surface area contributed by atoms with Gasteiger partial charge >= 0.3 is 6.03 Å². The lowest BCUT2D eigenvalue weighted by atomic mass is 9.83. The Morgan fingerprint density at radius 2 is 1.11 bits per heavy atom. The molecule has 3 amide bonds. The Labute approximate surface area is 257 Å². The average Bonchev–Trinajstić information content (AvgIpc) is 3.05. The van der Waals surface area contributed by atoms with Gasteiger partial charge in [0.15, 0.2) is 0 Å². The minimum absolute atomic E-state index is 0.0718. The predicted octanol–water partition coefficient (Wildman–Crippen LogP) is 3.97. The zero-order chi connectivity index (χ0) is 31.1. The third kappa shape index (κ3) is 7.23. The second kappa shape index (κ2) is 14.0. The minimum Gasteiger partial charge on any atom is -0.392 e. The fraction of sp³-hybridized carbons (Fsp3) is 0.278. The number of imide groups is 1. The third-order valence-electron chi connectivity index (χ3n) is 8.24. The molecule has 8 heteroatoms. The topological polar surface area (TPSA) is 122 Å². The Hall–Kier alpha value is -4.34. The first-order valence-corrected chi connectivity index (χ1v) is 14.8. The van der Waals surface area contributed by atoms with E-state index in [4.69, 9.17) is 0 Å². The number of aliphatic hydroxyl groups is 4. The fourth-order valence-corrected chi connectivity index (χ4v) is 5.80. The molecule has 0 radical (unpaired) electrons. The van der Waals surface area contributed by atoms with E-state index in [2.05, 4.69) is 0 Å². The second-order valence-corrected chi connectivity index (χ2v) is 11.5. The van der Waals surface area contributed by atoms with Gasteiger partial charge in [-0.25, -0.2) is 4.79 Å². The van der Waals surface area contributed by atoms with Gasteiger partial charge in [-0.15, -0.1) is 0 Å². The minimum atomic E-state index is -2.05. The van der Waals surface area contributed by atoms with Crippen LogP contribution in [-0.4, -0.2) is 59.9 Å². The Morgan fingerprint density at radius 1 is 0.636 bits per heavy atom. The van der Waals surface area contributed by atoms with E-state index in [9.17, 15) is 30.0 Å². The maximum Gasteiger partial charge on any atom is 0.327 e. The Morgan fingerprint density at radius 3 is 1.64 bits per heavy atom. The zero-order valence-electron chi connectivity index (χ0n) is 24.5. The standard InChI is InChI=1S/C36H38N2O6/c39-24-30-15-11-28(12-16-30)22-37-32(19-26-7-3-1-4-8-26)33(41)21-36(44,20-27-9-5-2-6-10-27)34(42)38(35(37)43)23-29-13-17-31(25-40)18-14-29/h1-18,32-33,39-41,44H,19-25H2/t32-,33?,36?/m0/s1. The molecule has 1 aliphatic heterocycles. The van der Waals surface area contributed by atoms with Crippen molar-refractivity contribution in [3.8, 4) is 0 Å². The highest BCUT2D eigenvalue weighted by molar-refractivity contribution is 5.99. The molecule has 1 aliphatic rings. The summed E-state index contributed by atoms with van der Waals surface area (Å²) in [4.78, 5) is 31.5. The lowest BCUT2D eigenvalue weighted by molar-refractivity contribution is -0.156. The van der Waals surface area contributed by atoms with E-state index >= 15 is 0 Å². The molecule has 1 fully saturated rings. The van der Waals surface area contributed by atoms with Gasteiger partial charge in [0.05, 0.1) is 31.9 Å². The summed E-state index contributed by atoms with van der Waals surface area (Å²) in [6, 6.07) is 31.3. The van der Waals surface area contributed by atoms with Crippen LogP contribution in [0.1, 0.15) is 39.8 Å². The summed E-state index contributed by atoms with van der Waals surface area (Å²) in [5.74, 6) is -0.782. The SMILES string of the molecule is O=C1N(Cc2ccc(CO)cc2)C(=O)C(O)(Cc2ccccc2)CC(O)[C@H](Cc2ccccc2)N1Cc1ccc(CO)cc1. The van der Waals surface area contributed by atoms with Crippen LogP contribution >= 0.6 is 0 Å². The van der Waals surface area contributed by atoms with E-state index in [1.54, 1.807) is 48.5 Å². The molecule has 4 N–H and O–H groups in total. The van der Waals surface area contributed by atoms with Gasteiger partial charge < -0.3 is 25.3 Å². The van der Waals surface area contributed by atoms with Crippen LogP contribution in [-0.2, 0) is 43.9 Å². The lowest BCUT2D eigenvalue weighted by Crippen LogP contribution is -2.63. The summed E-state index contributed by atoms with van der Waals surface area (Å²) >= 11 is 0. The van der Waals surface area contributed by atoms with E-state index in [1.165, 1.54) is 4.90 Å². The maximum atomic E-state index is 14.6. The van der Waals surface area contributed by atoms with Crippen LogP contribution in [0.25, 0.3) is 0 Å². The van der Waals surface area contributed by atoms with Crippen molar-refractivity contribution in [2.75, 3.05) is 0 Å². The van der Waals surface area contributed by atoms with Crippen LogP contribution in [0.5, 0.6) is 0 Å². The molecular weight excluding hydrogens is 556 g/mol. The van der Waals surface area contributed by atoms with Gasteiger partial charge in [0.1, 0.15) is 5.60 Å². The number of nitrogens with zero attached hydrogens (tertiary/aromatic N) is 2. The largest absolute Gasteiger partial charge is 0.392 e. The molecule has 0 aliphatic carbocycles. The van der Waals surface area contributed by atoms with Crippen LogP contribution in [0.2, 0.25) is 0 Å². The highest BCUT2D eigenvalue weighted by Gasteiger charge is 2.49. The summed E-state index contributed by atoms with van der Waals surface area (Å²) < 4.78 is 0. The van der Waals surface area contributed by atoms with Crippen molar-refractivity contribution in [1.82, 2.24) is 9.80 Å². The molecule has 4 aromatic carbocycles. The van der Waals surface area contributed by atoms with Crippen LogP contribution in [0, 0.1) is 0 Å². The highest BCUT2D eigenvalue weighted by Crippen LogP contribution is 2.32. The molecule has 0 aromatic heterocycles. The van der Waals surface area contributed by atoms with Crippen molar-refractivity contribution in [1.29, 1.82) is 0 Å². The van der Waals surface area contributed by atoms with Crippen LogP contribution in [0.15, 0.2) is 109 Å². The highest BCUT2D eigenvalue weighted by atomic mass is 16.3. The number of aliphatic hydroxyl groups excluding tert-OH is 3. The number of carbonyl (C=O) groups is 2. The number of benzene rings is 4. The quantitative estimate of drug-likeness (QED) is 0.221. The van der Waals surface area contributed by atoms with Crippen molar-refractivity contribution in [3.63, 3.8) is 0 Å². The van der Waals surface area contributed by atoms with Gasteiger partial charge in [0, 0.05) is 19.4 Å². The molecular formula is C36H38N2O6. The first kappa shape index (κ1) is 31.1. The van der Waals surface area contributed by atoms with Gasteiger partial charge in [0.25, 0.3) is 5.91 Å². The smallest absolute Gasteiger partial charge is 0.327 e. The van der Waals surface area contributed by atoms with Gasteiger partial charge in [-0.2, -0.15) is 0 Å². The second-order valence-electron chi connectivity index (χ2n) is 11.5. The van der Waals surface area contributed by atoms with Gasteiger partial charge in [-0.1, -0.05) is 109 Å². The van der Waals surface area contributed by atoms with Crippen molar-refractivity contribution in [2.24, 2.45) is 0 Å². The van der Waals surface area contributed by atoms with Gasteiger partial charge in [0.2, 0.25) is 0 Å². The summed E-state index contributed by atoms with van der Waals surface area (Å²) in [7, 11) is 0. The summed E-state index contributed by atoms with van der Waals surface area (Å²) in [6.07, 6.45) is -1.26. The monoisotopic (exact) mass is 594 g/mol. The molecule has 228 valence electrons. The first-order chi connectivity index (χ1) is 21.3. The number of urea groups is 1. The van der Waals surface area contributed by atoms with Crippen LogP contribution < -0.4 is 0 Å². The number of rotatable bonds is 10. The van der Waals surface area contributed by atoms with Crippen molar-refractivity contribution in [2.45, 2.75) is 63.3 Å². The average molecular weight is 595 g/mol. The molecule has 2 unspecified atom stereocenters. The predicted molar refractivity (Wildman–Crippen MR) is 166 cm³/mol. The van der Waals surface area contributed by atoms with E-state index in [0.29, 0.717) is 23.1 Å². The van der Waals surface area contributed by atoms with E-state index in [-0.39, 0.29) is 39.1 Å². The van der Waals surface area contributed by atoms with Crippen molar-refractivity contribution < 1.29 is 30.0 Å². The summed E-state index contributed by atoms with van der Waals surface area (Å²) in [5, 5.41) is 42.8. The maximum absolute atomic E-state index is 14.6. The number of carbonyl (C=O) groups excluding carboxylic acids is 2. The molecule has 44 heavy (non-hydrogen) atoms. The van der Waals surface area contributed by atoms with Crippen molar-refractivity contribution >= 4 is 11.9 Å². The Bertz CT molecular complexity index is 1530. The van der Waals surface area contributed by atoms with E-state index in [1.807, 2.05) is 60.7 Å². The Balaban J connectivity index is 1.58. The zero-order valence-corrected chi connectivity index (χ0v) is 24.5. The number of amides is 3. The van der Waals surface area contributed by atoms with Crippen LogP contribution in [0.3, 0.4) is 0 Å². The van der Waals surface area contributed by atoms with Gasteiger partial charge in [-0.3, -0.25) is 9.69 Å². The lowest BCUT2D eigenvalue weighted by Gasteiger charge is -2.44. The van der Waals surface area contributed by atoms with Gasteiger partial charge in [-0.05, 0) is 39.8 Å². The molecule has 4 aromatic rings. The molecule has 0 saturated carbocycles. The molecule has 5 rings (SSSR count). The Kier molecular flexibility index (Phi) is 9.87. The van der Waals surface area contributed by atoms with E-state index in [0.717, 1.165) is 21.6 Å². The molecule has 1 saturated heterocycles. The van der Waals surface area contributed by atoms with Crippen LogP contribution in [0.4, 0.5) is 4.79 Å². The summed E-state index contributed by atoms with van der Waals surface area (Å²) in [6.45, 7) is -0.256. The third-order valence-corrected chi connectivity index (χ3v) is 8.24. The normalized spacial score (nSPS) is 20.8. The number of hydrogen-bond acceptors (Lipinski definition) is 6. The fourth-order valence-electron chi connectivity index (χ4n) is 5.80. The molecule has 0 bridgehead atoms. The van der Waals surface area contributed by atoms with E-state index < -0.39 is 29.7 Å². The first-order valence-electron chi connectivity index (χ1n) is 14.8. The molecule has 0 spiro atoms. The molecule has 8 nitrogen and oxygen atoms in total.